The lowest BCUT2D eigenvalue weighted by atomic mass is 9.43. The van der Waals surface area contributed by atoms with Crippen molar-refractivity contribution in [1.82, 2.24) is 0 Å². The third-order valence-corrected chi connectivity index (χ3v) is 8.90. The normalized spacial score (nSPS) is 57.7. The molecule has 7 atom stereocenters. The predicted molar refractivity (Wildman–Crippen MR) is 90.6 cm³/mol. The first-order valence-electron chi connectivity index (χ1n) is 9.83. The molecule has 0 aromatic rings. The Morgan fingerprint density at radius 3 is 2.62 bits per heavy atom. The van der Waals surface area contributed by atoms with Crippen LogP contribution >= 0.6 is 0 Å². The Hall–Kier alpha value is -0.950. The highest BCUT2D eigenvalue weighted by Crippen LogP contribution is 2.73. The summed E-state index contributed by atoms with van der Waals surface area (Å²) in [5.41, 5.74) is -2.20. The molecule has 0 aromatic carbocycles. The molecule has 4 N–H and O–H groups in total. The Morgan fingerprint density at radius 1 is 1.12 bits per heavy atom. The number of aliphatic hydroxyl groups excluding tert-OH is 1. The number of rotatable bonds is 1. The van der Waals surface area contributed by atoms with Gasteiger partial charge in [-0.3, -0.25) is 0 Å². The lowest BCUT2D eigenvalue weighted by Crippen LogP contribution is -2.58. The van der Waals surface area contributed by atoms with Crippen LogP contribution in [-0.4, -0.2) is 50.0 Å². The van der Waals surface area contributed by atoms with Gasteiger partial charge in [-0.1, -0.05) is 6.92 Å². The SMILES string of the molecule is C[C@@]12CC[C@@]3(O)OC(=O)C=C3[C@H]1CC[C@]13C[C@](O)(CO)[C@@](O)(CC[C@H]12)C3. The Bertz CT molecular complexity index is 717. The zero-order valence-electron chi connectivity index (χ0n) is 15.2. The van der Waals surface area contributed by atoms with Gasteiger partial charge in [0, 0.05) is 18.1 Å². The fourth-order valence-electron chi connectivity index (χ4n) is 7.76. The summed E-state index contributed by atoms with van der Waals surface area (Å²) in [6.45, 7) is 1.83. The van der Waals surface area contributed by atoms with Crippen LogP contribution in [0.3, 0.4) is 0 Å². The van der Waals surface area contributed by atoms with Gasteiger partial charge < -0.3 is 25.2 Å². The minimum atomic E-state index is -1.44. The van der Waals surface area contributed by atoms with Crippen molar-refractivity contribution in [3.63, 3.8) is 0 Å². The second-order valence-electron chi connectivity index (χ2n) is 9.93. The highest BCUT2D eigenvalue weighted by molar-refractivity contribution is 5.86. The fourth-order valence-corrected chi connectivity index (χ4v) is 7.76. The van der Waals surface area contributed by atoms with Crippen LogP contribution in [0.25, 0.3) is 0 Å². The molecule has 4 fully saturated rings. The van der Waals surface area contributed by atoms with Crippen LogP contribution in [-0.2, 0) is 9.53 Å². The third-order valence-electron chi connectivity index (χ3n) is 8.90. The number of carbonyl (C=O) groups excluding carboxylic acids is 1. The van der Waals surface area contributed by atoms with E-state index in [-0.39, 0.29) is 22.7 Å². The van der Waals surface area contributed by atoms with Crippen molar-refractivity contribution in [3.8, 4) is 0 Å². The summed E-state index contributed by atoms with van der Waals surface area (Å²) in [5.74, 6) is -1.53. The van der Waals surface area contributed by atoms with Crippen molar-refractivity contribution in [3.05, 3.63) is 11.6 Å². The number of fused-ring (bicyclic) bond motifs is 5. The quantitative estimate of drug-likeness (QED) is 0.518. The zero-order chi connectivity index (χ0) is 18.6. The molecule has 0 radical (unpaired) electrons. The molecule has 5 aliphatic rings. The van der Waals surface area contributed by atoms with Gasteiger partial charge in [-0.05, 0) is 67.6 Å². The standard InChI is InChI=1S/C20H28O6/c1-16-6-7-20(25)13(8-15(22)26-20)12(16)2-4-17-9-18(23,5-3-14(16)17)19(24,10-17)11-21/h8,12,14,21,23-25H,2-7,9-11H2,1H3/t12-,14+,16-,17+,18-,19+,20-/m1/s1. The fraction of sp³-hybridized carbons (Fsp3) is 0.850. The van der Waals surface area contributed by atoms with Crippen molar-refractivity contribution in [2.75, 3.05) is 6.61 Å². The topological polar surface area (TPSA) is 107 Å². The lowest BCUT2D eigenvalue weighted by molar-refractivity contribution is -0.211. The molecule has 2 bridgehead atoms. The molecule has 6 heteroatoms. The largest absolute Gasteiger partial charge is 0.426 e. The molecule has 0 unspecified atom stereocenters. The molecule has 1 heterocycles. The maximum Gasteiger partial charge on any atom is 0.333 e. The van der Waals surface area contributed by atoms with Crippen molar-refractivity contribution in [1.29, 1.82) is 0 Å². The molecule has 26 heavy (non-hydrogen) atoms. The van der Waals surface area contributed by atoms with Crippen LogP contribution in [0.4, 0.5) is 0 Å². The van der Waals surface area contributed by atoms with Gasteiger partial charge in [0.25, 0.3) is 0 Å². The van der Waals surface area contributed by atoms with Crippen molar-refractivity contribution >= 4 is 5.97 Å². The average molecular weight is 364 g/mol. The van der Waals surface area contributed by atoms with Gasteiger partial charge >= 0.3 is 5.97 Å². The van der Waals surface area contributed by atoms with Crippen molar-refractivity contribution in [2.45, 2.75) is 75.3 Å². The maximum atomic E-state index is 11.8. The number of ether oxygens (including phenoxy) is 1. The van der Waals surface area contributed by atoms with E-state index >= 15 is 0 Å². The lowest BCUT2D eigenvalue weighted by Gasteiger charge is -2.61. The summed E-state index contributed by atoms with van der Waals surface area (Å²) in [4.78, 5) is 11.8. The molecule has 0 amide bonds. The summed E-state index contributed by atoms with van der Waals surface area (Å²) in [7, 11) is 0. The number of hydrogen-bond acceptors (Lipinski definition) is 6. The van der Waals surface area contributed by atoms with Crippen molar-refractivity contribution in [2.24, 2.45) is 22.7 Å². The Kier molecular flexibility index (Phi) is 3.11. The molecule has 5 rings (SSSR count). The Labute approximate surface area is 152 Å². The van der Waals surface area contributed by atoms with E-state index in [4.69, 9.17) is 4.74 Å². The van der Waals surface area contributed by atoms with E-state index in [1.807, 2.05) is 0 Å². The number of aliphatic hydroxyl groups is 4. The summed E-state index contributed by atoms with van der Waals surface area (Å²) in [6, 6.07) is 0. The minimum absolute atomic E-state index is 0.0809. The molecule has 4 saturated carbocycles. The van der Waals surface area contributed by atoms with Crippen LogP contribution in [0.15, 0.2) is 11.6 Å². The van der Waals surface area contributed by atoms with Gasteiger partial charge in [0.1, 0.15) is 5.60 Å². The first-order valence-corrected chi connectivity index (χ1v) is 9.83. The van der Waals surface area contributed by atoms with E-state index in [1.165, 1.54) is 6.08 Å². The van der Waals surface area contributed by atoms with Crippen LogP contribution in [0.1, 0.15) is 58.3 Å². The molecule has 1 aliphatic heterocycles. The highest BCUT2D eigenvalue weighted by Gasteiger charge is 2.72. The first-order chi connectivity index (χ1) is 12.1. The summed E-state index contributed by atoms with van der Waals surface area (Å²) >= 11 is 0. The van der Waals surface area contributed by atoms with Gasteiger partial charge in [-0.25, -0.2) is 4.79 Å². The van der Waals surface area contributed by atoms with Crippen LogP contribution < -0.4 is 0 Å². The average Bonchev–Trinajstić information content (AvgIpc) is 2.95. The zero-order valence-corrected chi connectivity index (χ0v) is 15.2. The van der Waals surface area contributed by atoms with E-state index < -0.39 is 29.6 Å². The molecule has 0 saturated heterocycles. The van der Waals surface area contributed by atoms with E-state index in [0.717, 1.165) is 31.3 Å². The third kappa shape index (κ3) is 1.79. The monoisotopic (exact) mass is 364 g/mol. The second kappa shape index (κ2) is 4.72. The summed E-state index contributed by atoms with van der Waals surface area (Å²) in [6.07, 6.45) is 6.50. The van der Waals surface area contributed by atoms with Crippen LogP contribution in [0.2, 0.25) is 0 Å². The van der Waals surface area contributed by atoms with Crippen molar-refractivity contribution < 1.29 is 30.0 Å². The maximum absolute atomic E-state index is 11.8. The van der Waals surface area contributed by atoms with Gasteiger partial charge in [0.05, 0.1) is 12.2 Å². The van der Waals surface area contributed by atoms with Crippen LogP contribution in [0, 0.1) is 22.7 Å². The van der Waals surface area contributed by atoms with Gasteiger partial charge in [-0.2, -0.15) is 0 Å². The van der Waals surface area contributed by atoms with Gasteiger partial charge in [-0.15, -0.1) is 0 Å². The van der Waals surface area contributed by atoms with E-state index in [2.05, 4.69) is 6.92 Å². The van der Waals surface area contributed by atoms with E-state index in [0.29, 0.717) is 25.7 Å². The first kappa shape index (κ1) is 17.2. The van der Waals surface area contributed by atoms with Gasteiger partial charge in [0.15, 0.2) is 0 Å². The van der Waals surface area contributed by atoms with E-state index in [9.17, 15) is 25.2 Å². The number of carbonyl (C=O) groups is 1. The smallest absolute Gasteiger partial charge is 0.333 e. The highest BCUT2D eigenvalue weighted by atomic mass is 16.7. The predicted octanol–water partition coefficient (Wildman–Crippen LogP) is 1.01. The Morgan fingerprint density at radius 2 is 1.88 bits per heavy atom. The van der Waals surface area contributed by atoms with Gasteiger partial charge in [0.2, 0.25) is 5.79 Å². The number of hydrogen-bond donors (Lipinski definition) is 4. The Balaban J connectivity index is 1.56. The summed E-state index contributed by atoms with van der Waals surface area (Å²) in [5, 5.41) is 42.6. The van der Waals surface area contributed by atoms with E-state index in [1.54, 1.807) is 0 Å². The molecule has 1 spiro atoms. The number of esters is 1. The minimum Gasteiger partial charge on any atom is -0.426 e. The molecule has 144 valence electrons. The molecular formula is C20H28O6. The van der Waals surface area contributed by atoms with Crippen LogP contribution in [0.5, 0.6) is 0 Å². The molecular weight excluding hydrogens is 336 g/mol. The second-order valence-corrected chi connectivity index (χ2v) is 9.93. The summed E-state index contributed by atoms with van der Waals surface area (Å²) < 4.78 is 5.22. The molecule has 0 aromatic heterocycles. The molecule has 6 nitrogen and oxygen atoms in total. The molecule has 4 aliphatic carbocycles.